The van der Waals surface area contributed by atoms with Crippen molar-refractivity contribution in [3.8, 4) is 11.3 Å². The predicted octanol–water partition coefficient (Wildman–Crippen LogP) is 2.89. The monoisotopic (exact) mass is 461 g/mol. The van der Waals surface area contributed by atoms with E-state index in [-0.39, 0.29) is 24.3 Å². The van der Waals surface area contributed by atoms with Crippen molar-refractivity contribution in [3.63, 3.8) is 0 Å². The lowest BCUT2D eigenvalue weighted by Crippen LogP contribution is -2.38. The van der Waals surface area contributed by atoms with E-state index < -0.39 is 11.6 Å². The number of nitrogens with one attached hydrogen (secondary N) is 2. The number of ether oxygens (including phenoxy) is 1. The van der Waals surface area contributed by atoms with Crippen LogP contribution in [0.3, 0.4) is 0 Å². The van der Waals surface area contributed by atoms with Crippen LogP contribution in [0.2, 0.25) is 0 Å². The van der Waals surface area contributed by atoms with Crippen LogP contribution in [0.1, 0.15) is 17.7 Å². The average Bonchev–Trinajstić information content (AvgIpc) is 3.24. The van der Waals surface area contributed by atoms with Crippen LogP contribution in [0.15, 0.2) is 28.4 Å². The molecule has 4 rings (SSSR count). The van der Waals surface area contributed by atoms with Crippen LogP contribution in [-0.4, -0.2) is 47.2 Å². The van der Waals surface area contributed by atoms with Crippen LogP contribution < -0.4 is 15.8 Å². The SMILES string of the molecule is Cc1nc(N2CCOCC2)[nH]c(=O)c1CCC(=O)Nc1nc(-c2ccc(F)c(F)c2)cs1. The summed E-state index contributed by atoms with van der Waals surface area (Å²) in [5, 5.41) is 4.65. The third-order valence-corrected chi connectivity index (χ3v) is 5.85. The molecule has 0 spiro atoms. The summed E-state index contributed by atoms with van der Waals surface area (Å²) in [4.78, 5) is 38.4. The Morgan fingerprint density at radius 3 is 2.75 bits per heavy atom. The van der Waals surface area contributed by atoms with Crippen molar-refractivity contribution < 1.29 is 18.3 Å². The molecule has 8 nitrogen and oxygen atoms in total. The molecule has 1 fully saturated rings. The molecule has 1 aliphatic heterocycles. The topological polar surface area (TPSA) is 100 Å². The molecular formula is C21H21F2N5O3S. The summed E-state index contributed by atoms with van der Waals surface area (Å²) < 4.78 is 31.8. The van der Waals surface area contributed by atoms with Gasteiger partial charge in [0, 0.05) is 41.7 Å². The van der Waals surface area contributed by atoms with Gasteiger partial charge < -0.3 is 15.0 Å². The van der Waals surface area contributed by atoms with Crippen molar-refractivity contribution in [2.75, 3.05) is 36.5 Å². The first kappa shape index (κ1) is 22.0. The largest absolute Gasteiger partial charge is 0.378 e. The summed E-state index contributed by atoms with van der Waals surface area (Å²) in [6.07, 6.45) is 0.299. The summed E-state index contributed by atoms with van der Waals surface area (Å²) in [6.45, 7) is 4.23. The number of morpholine rings is 1. The van der Waals surface area contributed by atoms with Gasteiger partial charge in [0.25, 0.3) is 5.56 Å². The molecule has 3 heterocycles. The van der Waals surface area contributed by atoms with Crippen LogP contribution in [0, 0.1) is 18.6 Å². The number of amides is 1. The highest BCUT2D eigenvalue weighted by atomic mass is 32.1. The maximum Gasteiger partial charge on any atom is 0.255 e. The molecule has 2 aromatic heterocycles. The smallest absolute Gasteiger partial charge is 0.255 e. The summed E-state index contributed by atoms with van der Waals surface area (Å²) in [7, 11) is 0. The maximum atomic E-state index is 13.4. The normalized spacial score (nSPS) is 13.9. The van der Waals surface area contributed by atoms with E-state index in [4.69, 9.17) is 4.74 Å². The number of aromatic nitrogens is 3. The zero-order valence-corrected chi connectivity index (χ0v) is 18.1. The lowest BCUT2D eigenvalue weighted by Gasteiger charge is -2.27. The highest BCUT2D eigenvalue weighted by Gasteiger charge is 2.17. The Balaban J connectivity index is 1.37. The highest BCUT2D eigenvalue weighted by Crippen LogP contribution is 2.26. The second-order valence-electron chi connectivity index (χ2n) is 7.27. The van der Waals surface area contributed by atoms with Crippen LogP contribution in [0.4, 0.5) is 19.9 Å². The number of benzene rings is 1. The summed E-state index contributed by atoms with van der Waals surface area (Å²) >= 11 is 1.17. The van der Waals surface area contributed by atoms with Crippen LogP contribution >= 0.6 is 11.3 Å². The average molecular weight is 461 g/mol. The molecule has 11 heteroatoms. The quantitative estimate of drug-likeness (QED) is 0.586. The number of thiazole rings is 1. The molecule has 0 unspecified atom stereocenters. The minimum Gasteiger partial charge on any atom is -0.378 e. The molecule has 1 aliphatic rings. The molecule has 0 aliphatic carbocycles. The van der Waals surface area contributed by atoms with E-state index in [9.17, 15) is 18.4 Å². The fourth-order valence-corrected chi connectivity index (χ4v) is 4.09. The van der Waals surface area contributed by atoms with E-state index in [0.717, 1.165) is 12.1 Å². The number of carbonyl (C=O) groups is 1. The number of rotatable bonds is 6. The van der Waals surface area contributed by atoms with E-state index in [2.05, 4.69) is 20.3 Å². The molecule has 1 aromatic carbocycles. The summed E-state index contributed by atoms with van der Waals surface area (Å²) in [5.74, 6) is -1.70. The second kappa shape index (κ2) is 9.53. The highest BCUT2D eigenvalue weighted by molar-refractivity contribution is 7.14. The number of halogens is 2. The van der Waals surface area contributed by atoms with Crippen LogP contribution in [0.5, 0.6) is 0 Å². The molecule has 1 amide bonds. The van der Waals surface area contributed by atoms with Gasteiger partial charge in [0.1, 0.15) is 0 Å². The summed E-state index contributed by atoms with van der Waals surface area (Å²) in [5.41, 5.74) is 1.62. The lowest BCUT2D eigenvalue weighted by molar-refractivity contribution is -0.116. The number of H-pyrrole nitrogens is 1. The van der Waals surface area contributed by atoms with Crippen molar-refractivity contribution in [1.29, 1.82) is 0 Å². The van der Waals surface area contributed by atoms with Gasteiger partial charge >= 0.3 is 0 Å². The van der Waals surface area contributed by atoms with Gasteiger partial charge in [0.15, 0.2) is 16.8 Å². The van der Waals surface area contributed by atoms with E-state index in [1.165, 1.54) is 17.4 Å². The second-order valence-corrected chi connectivity index (χ2v) is 8.13. The number of nitrogens with zero attached hydrogens (tertiary/aromatic N) is 3. The van der Waals surface area contributed by atoms with E-state index >= 15 is 0 Å². The van der Waals surface area contributed by atoms with Crippen LogP contribution in [0.25, 0.3) is 11.3 Å². The third kappa shape index (κ3) is 5.00. The Bertz CT molecular complexity index is 1190. The number of aryl methyl sites for hydroxylation is 1. The Kier molecular flexibility index (Phi) is 6.56. The molecule has 3 aromatic rings. The zero-order valence-electron chi connectivity index (χ0n) is 17.3. The van der Waals surface area contributed by atoms with Gasteiger partial charge in [0.05, 0.1) is 18.9 Å². The van der Waals surface area contributed by atoms with Gasteiger partial charge in [-0.15, -0.1) is 11.3 Å². The van der Waals surface area contributed by atoms with Gasteiger partial charge in [-0.1, -0.05) is 0 Å². The molecule has 0 saturated carbocycles. The summed E-state index contributed by atoms with van der Waals surface area (Å²) in [6, 6.07) is 3.50. The van der Waals surface area contributed by atoms with Crippen LogP contribution in [-0.2, 0) is 16.0 Å². The molecule has 0 atom stereocenters. The van der Waals surface area contributed by atoms with Crippen molar-refractivity contribution in [3.05, 3.63) is 56.8 Å². The predicted molar refractivity (Wildman–Crippen MR) is 117 cm³/mol. The molecule has 0 bridgehead atoms. The number of anilines is 2. The number of hydrogen-bond donors (Lipinski definition) is 2. The number of carbonyl (C=O) groups excluding carboxylic acids is 1. The minimum absolute atomic E-state index is 0.0720. The maximum absolute atomic E-state index is 13.4. The van der Waals surface area contributed by atoms with Gasteiger partial charge in [-0.2, -0.15) is 0 Å². The molecule has 2 N–H and O–H groups in total. The van der Waals surface area contributed by atoms with E-state index in [1.807, 2.05) is 4.90 Å². The first-order valence-electron chi connectivity index (χ1n) is 10.0. The van der Waals surface area contributed by atoms with Gasteiger partial charge in [-0.3, -0.25) is 14.6 Å². The molecular weight excluding hydrogens is 440 g/mol. The Morgan fingerprint density at radius 2 is 2.03 bits per heavy atom. The van der Waals surface area contributed by atoms with Gasteiger partial charge in [-0.25, -0.2) is 18.7 Å². The minimum atomic E-state index is -0.963. The number of aromatic amines is 1. The molecule has 168 valence electrons. The first-order valence-corrected chi connectivity index (χ1v) is 10.9. The molecule has 0 radical (unpaired) electrons. The lowest BCUT2D eigenvalue weighted by atomic mass is 10.1. The van der Waals surface area contributed by atoms with Crippen molar-refractivity contribution in [2.45, 2.75) is 19.8 Å². The van der Waals surface area contributed by atoms with E-state index in [1.54, 1.807) is 12.3 Å². The molecule has 32 heavy (non-hydrogen) atoms. The first-order chi connectivity index (χ1) is 15.4. The van der Waals surface area contributed by atoms with Gasteiger partial charge in [0.2, 0.25) is 11.9 Å². The van der Waals surface area contributed by atoms with Crippen molar-refractivity contribution >= 4 is 28.3 Å². The third-order valence-electron chi connectivity index (χ3n) is 5.09. The van der Waals surface area contributed by atoms with Gasteiger partial charge in [-0.05, 0) is 31.5 Å². The molecule has 1 saturated heterocycles. The Morgan fingerprint density at radius 1 is 1.25 bits per heavy atom. The standard InChI is InChI=1S/C21H21F2N5O3S/c1-12-14(19(30)27-20(24-12)28-6-8-31-9-7-28)3-5-18(29)26-21-25-17(11-32-21)13-2-4-15(22)16(23)10-13/h2,4,10-11H,3,5-9H2,1H3,(H,24,27,30)(H,25,26,29). The Hall–Kier alpha value is -3.18. The zero-order chi connectivity index (χ0) is 22.7. The fourth-order valence-electron chi connectivity index (χ4n) is 3.35. The van der Waals surface area contributed by atoms with E-state index in [0.29, 0.717) is 59.9 Å². The van der Waals surface area contributed by atoms with Crippen molar-refractivity contribution in [1.82, 2.24) is 15.0 Å². The van der Waals surface area contributed by atoms with Crippen molar-refractivity contribution in [2.24, 2.45) is 0 Å². The Labute approximate surface area is 186 Å². The fraction of sp³-hybridized carbons (Fsp3) is 0.333. The number of hydrogen-bond acceptors (Lipinski definition) is 7.